The maximum atomic E-state index is 4.50. The quantitative estimate of drug-likeness (QED) is 0.832. The topological polar surface area (TPSA) is 55.6 Å². The molecular weight excluding hydrogens is 330 g/mol. The molecule has 0 fully saturated rings. The third-order valence-electron chi connectivity index (χ3n) is 3.19. The van der Waals surface area contributed by atoms with Crippen molar-refractivity contribution in [2.24, 2.45) is 5.92 Å². The van der Waals surface area contributed by atoms with Gasteiger partial charge in [-0.15, -0.1) is 0 Å². The summed E-state index contributed by atoms with van der Waals surface area (Å²) in [7, 11) is 0. The molecule has 2 aromatic heterocycles. The molecular formula is C15H22BrN5. The third kappa shape index (κ3) is 4.35. The first kappa shape index (κ1) is 16.1. The Morgan fingerprint density at radius 1 is 1.33 bits per heavy atom. The Hall–Kier alpha value is -1.27. The molecule has 6 heteroatoms. The lowest BCUT2D eigenvalue weighted by molar-refractivity contribution is 0.444. The van der Waals surface area contributed by atoms with Crippen molar-refractivity contribution in [1.82, 2.24) is 25.1 Å². The van der Waals surface area contributed by atoms with Crippen molar-refractivity contribution >= 4 is 15.9 Å². The molecule has 21 heavy (non-hydrogen) atoms. The number of likely N-dealkylation sites (N-methyl/N-ethyl adjacent to an activating group) is 1. The third-order valence-corrected chi connectivity index (χ3v) is 3.86. The Labute approximate surface area is 134 Å². The standard InChI is InChI=1S/C15H22BrN5/c1-4-17-13(15-12(16)6-5-7-18-15)8-14-19-10-20-21(14)9-11(2)3/h5-7,10-11,13,17H,4,8-9H2,1-3H3. The fraction of sp³-hybridized carbons (Fsp3) is 0.533. The molecule has 1 N–H and O–H groups in total. The van der Waals surface area contributed by atoms with E-state index < -0.39 is 0 Å². The van der Waals surface area contributed by atoms with E-state index in [1.807, 2.05) is 23.0 Å². The summed E-state index contributed by atoms with van der Waals surface area (Å²) >= 11 is 3.58. The summed E-state index contributed by atoms with van der Waals surface area (Å²) in [5.41, 5.74) is 1.01. The molecule has 0 aliphatic carbocycles. The Bertz CT molecular complexity index is 567. The first-order valence-corrected chi connectivity index (χ1v) is 8.11. The first-order chi connectivity index (χ1) is 10.1. The van der Waals surface area contributed by atoms with Crippen molar-refractivity contribution in [3.63, 3.8) is 0 Å². The minimum atomic E-state index is 0.126. The number of nitrogens with one attached hydrogen (secondary N) is 1. The Morgan fingerprint density at radius 3 is 2.81 bits per heavy atom. The lowest BCUT2D eigenvalue weighted by Gasteiger charge is -2.19. The molecule has 114 valence electrons. The maximum Gasteiger partial charge on any atom is 0.138 e. The number of rotatable bonds is 7. The highest BCUT2D eigenvalue weighted by Crippen LogP contribution is 2.23. The van der Waals surface area contributed by atoms with Gasteiger partial charge in [0.05, 0.1) is 11.7 Å². The normalized spacial score (nSPS) is 12.8. The van der Waals surface area contributed by atoms with Gasteiger partial charge in [-0.05, 0) is 40.5 Å². The van der Waals surface area contributed by atoms with Crippen molar-refractivity contribution in [1.29, 1.82) is 0 Å². The molecule has 2 rings (SSSR count). The molecule has 1 unspecified atom stereocenters. The summed E-state index contributed by atoms with van der Waals surface area (Å²) in [4.78, 5) is 8.92. The summed E-state index contributed by atoms with van der Waals surface area (Å²) in [6.45, 7) is 8.23. The summed E-state index contributed by atoms with van der Waals surface area (Å²) in [5.74, 6) is 1.54. The van der Waals surface area contributed by atoms with E-state index in [-0.39, 0.29) is 6.04 Å². The van der Waals surface area contributed by atoms with Crippen LogP contribution in [0.15, 0.2) is 29.1 Å². The average Bonchev–Trinajstić information content (AvgIpc) is 2.85. The zero-order valence-electron chi connectivity index (χ0n) is 12.8. The zero-order chi connectivity index (χ0) is 15.2. The van der Waals surface area contributed by atoms with Gasteiger partial charge in [0.2, 0.25) is 0 Å². The van der Waals surface area contributed by atoms with E-state index in [1.165, 1.54) is 0 Å². The van der Waals surface area contributed by atoms with Crippen LogP contribution in [0.5, 0.6) is 0 Å². The van der Waals surface area contributed by atoms with Crippen LogP contribution < -0.4 is 5.32 Å². The Morgan fingerprint density at radius 2 is 2.14 bits per heavy atom. The Kier molecular flexibility index (Phi) is 5.87. The highest BCUT2D eigenvalue weighted by atomic mass is 79.9. The molecule has 0 saturated heterocycles. The van der Waals surface area contributed by atoms with Gasteiger partial charge in [0.1, 0.15) is 12.2 Å². The van der Waals surface area contributed by atoms with Crippen LogP contribution in [0.4, 0.5) is 0 Å². The van der Waals surface area contributed by atoms with Crippen molar-refractivity contribution in [2.75, 3.05) is 6.54 Å². The van der Waals surface area contributed by atoms with E-state index in [4.69, 9.17) is 0 Å². The molecule has 1 atom stereocenters. The monoisotopic (exact) mass is 351 g/mol. The number of pyridine rings is 1. The van der Waals surface area contributed by atoms with Crippen molar-refractivity contribution in [2.45, 2.75) is 39.8 Å². The van der Waals surface area contributed by atoms with Gasteiger partial charge in [-0.1, -0.05) is 20.8 Å². The summed E-state index contributed by atoms with van der Waals surface area (Å²) < 4.78 is 3.01. The maximum absolute atomic E-state index is 4.50. The van der Waals surface area contributed by atoms with Gasteiger partial charge in [-0.25, -0.2) is 9.67 Å². The summed E-state index contributed by atoms with van der Waals surface area (Å²) in [5, 5.41) is 7.82. The predicted molar refractivity (Wildman–Crippen MR) is 86.9 cm³/mol. The molecule has 0 bridgehead atoms. The minimum absolute atomic E-state index is 0.126. The largest absolute Gasteiger partial charge is 0.308 e. The van der Waals surface area contributed by atoms with Crippen LogP contribution in [-0.4, -0.2) is 26.3 Å². The van der Waals surface area contributed by atoms with Crippen LogP contribution in [-0.2, 0) is 13.0 Å². The van der Waals surface area contributed by atoms with E-state index in [1.54, 1.807) is 6.33 Å². The van der Waals surface area contributed by atoms with Gasteiger partial charge in [0.15, 0.2) is 0 Å². The molecule has 0 spiro atoms. The molecule has 0 radical (unpaired) electrons. The first-order valence-electron chi connectivity index (χ1n) is 7.32. The predicted octanol–water partition coefficient (Wildman–Crippen LogP) is 2.98. The summed E-state index contributed by atoms with van der Waals surface area (Å²) in [6, 6.07) is 4.07. The van der Waals surface area contributed by atoms with Crippen LogP contribution in [0.2, 0.25) is 0 Å². The van der Waals surface area contributed by atoms with Crippen LogP contribution >= 0.6 is 15.9 Å². The van der Waals surface area contributed by atoms with E-state index in [0.717, 1.165) is 35.5 Å². The second-order valence-electron chi connectivity index (χ2n) is 5.44. The van der Waals surface area contributed by atoms with Crippen molar-refractivity contribution in [3.8, 4) is 0 Å². The highest BCUT2D eigenvalue weighted by molar-refractivity contribution is 9.10. The molecule has 5 nitrogen and oxygen atoms in total. The number of hydrogen-bond acceptors (Lipinski definition) is 4. The fourth-order valence-corrected chi connectivity index (χ4v) is 2.82. The average molecular weight is 352 g/mol. The van der Waals surface area contributed by atoms with Crippen molar-refractivity contribution in [3.05, 3.63) is 40.6 Å². The minimum Gasteiger partial charge on any atom is -0.308 e. The second kappa shape index (κ2) is 7.66. The molecule has 2 aromatic rings. The number of aromatic nitrogens is 4. The van der Waals surface area contributed by atoms with Gasteiger partial charge < -0.3 is 5.32 Å². The van der Waals surface area contributed by atoms with Gasteiger partial charge >= 0.3 is 0 Å². The van der Waals surface area contributed by atoms with Gasteiger partial charge in [0, 0.05) is 23.6 Å². The van der Waals surface area contributed by atoms with Gasteiger partial charge in [-0.3, -0.25) is 4.98 Å². The van der Waals surface area contributed by atoms with Crippen LogP contribution in [0, 0.1) is 5.92 Å². The molecule has 0 aliphatic heterocycles. The molecule has 0 amide bonds. The van der Waals surface area contributed by atoms with E-state index >= 15 is 0 Å². The van der Waals surface area contributed by atoms with E-state index in [0.29, 0.717) is 5.92 Å². The van der Waals surface area contributed by atoms with Crippen LogP contribution in [0.3, 0.4) is 0 Å². The number of nitrogens with zero attached hydrogens (tertiary/aromatic N) is 4. The lowest BCUT2D eigenvalue weighted by Crippen LogP contribution is -2.26. The summed E-state index contributed by atoms with van der Waals surface area (Å²) in [6.07, 6.45) is 4.23. The lowest BCUT2D eigenvalue weighted by atomic mass is 10.1. The highest BCUT2D eigenvalue weighted by Gasteiger charge is 2.18. The van der Waals surface area contributed by atoms with Gasteiger partial charge in [0.25, 0.3) is 0 Å². The van der Waals surface area contributed by atoms with Crippen LogP contribution in [0.1, 0.15) is 38.3 Å². The number of halogens is 1. The second-order valence-corrected chi connectivity index (χ2v) is 6.29. The van der Waals surface area contributed by atoms with Gasteiger partial charge in [-0.2, -0.15) is 5.10 Å². The molecule has 0 saturated carbocycles. The van der Waals surface area contributed by atoms with E-state index in [2.05, 4.69) is 57.1 Å². The SMILES string of the molecule is CCNC(Cc1ncnn1CC(C)C)c1ncccc1Br. The smallest absolute Gasteiger partial charge is 0.138 e. The molecule has 0 aromatic carbocycles. The van der Waals surface area contributed by atoms with E-state index in [9.17, 15) is 0 Å². The molecule has 0 aliphatic rings. The molecule has 2 heterocycles. The van der Waals surface area contributed by atoms with Crippen molar-refractivity contribution < 1.29 is 0 Å². The number of hydrogen-bond donors (Lipinski definition) is 1. The Balaban J connectivity index is 2.21. The van der Waals surface area contributed by atoms with Crippen LogP contribution in [0.25, 0.3) is 0 Å². The fourth-order valence-electron chi connectivity index (χ4n) is 2.29. The zero-order valence-corrected chi connectivity index (χ0v) is 14.3.